The summed E-state index contributed by atoms with van der Waals surface area (Å²) in [5, 5.41) is 0.985. The highest BCUT2D eigenvalue weighted by atomic mass is 79.9. The molecule has 3 nitrogen and oxygen atoms in total. The van der Waals surface area contributed by atoms with Gasteiger partial charge in [0.2, 0.25) is 0 Å². The molecule has 0 aromatic carbocycles. The molecule has 0 radical (unpaired) electrons. The van der Waals surface area contributed by atoms with E-state index in [2.05, 4.69) is 25.8 Å². The summed E-state index contributed by atoms with van der Waals surface area (Å²) in [4.78, 5) is 20.6. The SMILES string of the molecule is Cc1nc(C)c(C(=O)N2C3CCC2CC(Br)C3)s1. The van der Waals surface area contributed by atoms with Crippen LogP contribution in [-0.2, 0) is 0 Å². The number of nitrogens with zero attached hydrogens (tertiary/aromatic N) is 2. The van der Waals surface area contributed by atoms with Crippen molar-refractivity contribution >= 4 is 33.2 Å². The van der Waals surface area contributed by atoms with Gasteiger partial charge in [-0.2, -0.15) is 0 Å². The summed E-state index contributed by atoms with van der Waals surface area (Å²) >= 11 is 5.25. The van der Waals surface area contributed by atoms with Crippen molar-refractivity contribution in [2.24, 2.45) is 0 Å². The molecule has 0 spiro atoms. The van der Waals surface area contributed by atoms with Crippen LogP contribution < -0.4 is 0 Å². The van der Waals surface area contributed by atoms with Gasteiger partial charge >= 0.3 is 0 Å². The minimum absolute atomic E-state index is 0.213. The van der Waals surface area contributed by atoms with Gasteiger partial charge in [0.1, 0.15) is 4.88 Å². The van der Waals surface area contributed by atoms with Crippen molar-refractivity contribution in [3.8, 4) is 0 Å². The summed E-state index contributed by atoms with van der Waals surface area (Å²) in [6.07, 6.45) is 4.52. The third-order valence-electron chi connectivity index (χ3n) is 4.01. The van der Waals surface area contributed by atoms with Gasteiger partial charge in [0.15, 0.2) is 0 Å². The molecule has 2 unspecified atom stereocenters. The molecule has 0 aliphatic carbocycles. The molecule has 3 rings (SSSR count). The zero-order chi connectivity index (χ0) is 12.9. The first-order valence-electron chi connectivity index (χ1n) is 6.47. The molecule has 0 saturated carbocycles. The Morgan fingerprint density at radius 2 is 1.94 bits per heavy atom. The van der Waals surface area contributed by atoms with E-state index >= 15 is 0 Å². The number of hydrogen-bond acceptors (Lipinski definition) is 3. The maximum Gasteiger partial charge on any atom is 0.266 e. The van der Waals surface area contributed by atoms with Gasteiger partial charge in [-0.15, -0.1) is 11.3 Å². The van der Waals surface area contributed by atoms with Crippen LogP contribution in [0.2, 0.25) is 0 Å². The number of fused-ring (bicyclic) bond motifs is 2. The zero-order valence-corrected chi connectivity index (χ0v) is 13.1. The first-order valence-corrected chi connectivity index (χ1v) is 8.20. The number of piperidine rings is 1. The summed E-state index contributed by atoms with van der Waals surface area (Å²) in [5.74, 6) is 0.213. The van der Waals surface area contributed by atoms with Crippen LogP contribution in [0, 0.1) is 13.8 Å². The second-order valence-corrected chi connectivity index (χ2v) is 7.81. The smallest absolute Gasteiger partial charge is 0.266 e. The summed E-state index contributed by atoms with van der Waals surface area (Å²) in [5.41, 5.74) is 0.892. The molecule has 1 amide bonds. The lowest BCUT2D eigenvalue weighted by Gasteiger charge is -2.37. The van der Waals surface area contributed by atoms with Gasteiger partial charge in [-0.25, -0.2) is 4.98 Å². The minimum Gasteiger partial charge on any atom is -0.332 e. The second-order valence-electron chi connectivity index (χ2n) is 5.31. The number of alkyl halides is 1. The van der Waals surface area contributed by atoms with Crippen LogP contribution in [0.25, 0.3) is 0 Å². The predicted octanol–water partition coefficient (Wildman–Crippen LogP) is 3.29. The molecule has 2 aliphatic rings. The monoisotopic (exact) mass is 328 g/mol. The Balaban J connectivity index is 1.88. The molecule has 5 heteroatoms. The molecular formula is C13H17BrN2OS. The molecule has 2 bridgehead atoms. The Morgan fingerprint density at radius 3 is 2.44 bits per heavy atom. The Hall–Kier alpha value is -0.420. The summed E-state index contributed by atoms with van der Waals surface area (Å²) in [6, 6.07) is 0.866. The van der Waals surface area contributed by atoms with Crippen LogP contribution in [0.15, 0.2) is 0 Å². The number of aromatic nitrogens is 1. The normalized spacial score (nSPS) is 30.8. The van der Waals surface area contributed by atoms with Crippen molar-refractivity contribution in [1.82, 2.24) is 9.88 Å². The molecule has 0 N–H and O–H groups in total. The fraction of sp³-hybridized carbons (Fsp3) is 0.692. The number of halogens is 1. The predicted molar refractivity (Wildman–Crippen MR) is 76.5 cm³/mol. The van der Waals surface area contributed by atoms with E-state index in [4.69, 9.17) is 0 Å². The van der Waals surface area contributed by atoms with Gasteiger partial charge in [0.25, 0.3) is 5.91 Å². The van der Waals surface area contributed by atoms with E-state index in [1.165, 1.54) is 11.3 Å². The van der Waals surface area contributed by atoms with E-state index in [1.54, 1.807) is 0 Å². The van der Waals surface area contributed by atoms with E-state index in [-0.39, 0.29) is 5.91 Å². The van der Waals surface area contributed by atoms with Gasteiger partial charge in [-0.1, -0.05) is 15.9 Å². The molecule has 1 aromatic heterocycles. The average molecular weight is 329 g/mol. The van der Waals surface area contributed by atoms with Gasteiger partial charge < -0.3 is 4.90 Å². The van der Waals surface area contributed by atoms with E-state index < -0.39 is 0 Å². The molecule has 2 atom stereocenters. The van der Waals surface area contributed by atoms with Gasteiger partial charge in [0.05, 0.1) is 10.7 Å². The third-order valence-corrected chi connectivity index (χ3v) is 5.82. The summed E-state index contributed by atoms with van der Waals surface area (Å²) in [6.45, 7) is 3.91. The molecule has 2 fully saturated rings. The highest BCUT2D eigenvalue weighted by molar-refractivity contribution is 9.09. The second kappa shape index (κ2) is 4.60. The number of hydrogen-bond donors (Lipinski definition) is 0. The number of rotatable bonds is 1. The van der Waals surface area contributed by atoms with E-state index in [9.17, 15) is 4.79 Å². The minimum atomic E-state index is 0.213. The fourth-order valence-corrected chi connectivity index (χ4v) is 5.02. The first kappa shape index (κ1) is 12.6. The maximum absolute atomic E-state index is 12.7. The molecule has 2 saturated heterocycles. The van der Waals surface area contributed by atoms with E-state index in [0.29, 0.717) is 16.9 Å². The quantitative estimate of drug-likeness (QED) is 0.741. The topological polar surface area (TPSA) is 33.2 Å². The van der Waals surface area contributed by atoms with Gasteiger partial charge in [-0.05, 0) is 39.5 Å². The Kier molecular flexibility index (Phi) is 3.22. The number of thiazole rings is 1. The highest BCUT2D eigenvalue weighted by Gasteiger charge is 2.43. The van der Waals surface area contributed by atoms with Gasteiger partial charge in [0, 0.05) is 16.9 Å². The van der Waals surface area contributed by atoms with Crippen LogP contribution in [-0.4, -0.2) is 32.7 Å². The van der Waals surface area contributed by atoms with E-state index in [1.807, 2.05) is 13.8 Å². The molecular weight excluding hydrogens is 312 g/mol. The van der Waals surface area contributed by atoms with Crippen LogP contribution in [0.5, 0.6) is 0 Å². The molecule has 3 heterocycles. The van der Waals surface area contributed by atoms with Crippen molar-refractivity contribution < 1.29 is 4.79 Å². The Labute approximate surface area is 120 Å². The third kappa shape index (κ3) is 2.01. The number of amides is 1. The molecule has 2 aliphatic heterocycles. The largest absolute Gasteiger partial charge is 0.332 e. The summed E-state index contributed by atoms with van der Waals surface area (Å²) < 4.78 is 0. The number of carbonyl (C=O) groups excluding carboxylic acids is 1. The Bertz CT molecular complexity index is 473. The van der Waals surface area contributed by atoms with Crippen LogP contribution >= 0.6 is 27.3 Å². The van der Waals surface area contributed by atoms with E-state index in [0.717, 1.165) is 41.3 Å². The van der Waals surface area contributed by atoms with Crippen molar-refractivity contribution in [1.29, 1.82) is 0 Å². The standard InChI is InChI=1S/C13H17BrN2OS/c1-7-12(18-8(2)15-7)13(17)16-10-3-4-11(16)6-9(14)5-10/h9-11H,3-6H2,1-2H3. The zero-order valence-electron chi connectivity index (χ0n) is 10.6. The molecule has 1 aromatic rings. The fourth-order valence-electron chi connectivity index (χ4n) is 3.29. The maximum atomic E-state index is 12.7. The van der Waals surface area contributed by atoms with Crippen molar-refractivity contribution in [2.75, 3.05) is 0 Å². The lowest BCUT2D eigenvalue weighted by Crippen LogP contribution is -2.46. The highest BCUT2D eigenvalue weighted by Crippen LogP contribution is 2.40. The van der Waals surface area contributed by atoms with Crippen LogP contribution in [0.1, 0.15) is 46.1 Å². The van der Waals surface area contributed by atoms with Crippen molar-refractivity contribution in [3.05, 3.63) is 15.6 Å². The van der Waals surface area contributed by atoms with Crippen molar-refractivity contribution in [3.63, 3.8) is 0 Å². The lowest BCUT2D eigenvalue weighted by molar-refractivity contribution is 0.0607. The van der Waals surface area contributed by atoms with Crippen molar-refractivity contribution in [2.45, 2.75) is 56.4 Å². The van der Waals surface area contributed by atoms with Crippen LogP contribution in [0.3, 0.4) is 0 Å². The molecule has 98 valence electrons. The molecule has 18 heavy (non-hydrogen) atoms. The van der Waals surface area contributed by atoms with Crippen LogP contribution in [0.4, 0.5) is 0 Å². The van der Waals surface area contributed by atoms with Gasteiger partial charge in [-0.3, -0.25) is 4.79 Å². The lowest BCUT2D eigenvalue weighted by atomic mass is 10.0. The number of carbonyl (C=O) groups is 1. The first-order chi connectivity index (χ1) is 8.56. The Morgan fingerprint density at radius 1 is 1.33 bits per heavy atom. The number of aryl methyl sites for hydroxylation is 2. The average Bonchev–Trinajstić information content (AvgIpc) is 2.76. The summed E-state index contributed by atoms with van der Waals surface area (Å²) in [7, 11) is 0.